The Hall–Kier alpha value is -1.33. The first kappa shape index (κ1) is 12.1. The summed E-state index contributed by atoms with van der Waals surface area (Å²) in [4.78, 5) is 0. The van der Waals surface area contributed by atoms with Crippen LogP contribution in [0.15, 0.2) is 12.1 Å². The van der Waals surface area contributed by atoms with Crippen LogP contribution in [0.25, 0.3) is 0 Å². The molecule has 1 unspecified atom stereocenters. The van der Waals surface area contributed by atoms with Crippen molar-refractivity contribution in [2.45, 2.75) is 25.0 Å². The lowest BCUT2D eigenvalue weighted by Crippen LogP contribution is -2.17. The zero-order valence-corrected chi connectivity index (χ0v) is 9.65. The fraction of sp³-hybridized carbons (Fsp3) is 0.500. The average Bonchev–Trinajstić information content (AvgIpc) is 3.13. The Bertz CT molecular complexity index is 407. The maximum absolute atomic E-state index is 13.4. The highest BCUT2D eigenvalue weighted by Gasteiger charge is 2.28. The summed E-state index contributed by atoms with van der Waals surface area (Å²) in [6, 6.07) is 1.86. The zero-order valence-electron chi connectivity index (χ0n) is 9.65. The highest BCUT2D eigenvalue weighted by atomic mass is 19.1. The van der Waals surface area contributed by atoms with Crippen LogP contribution >= 0.6 is 0 Å². The largest absolute Gasteiger partial charge is 0.493 e. The van der Waals surface area contributed by atoms with Crippen molar-refractivity contribution in [1.82, 2.24) is 0 Å². The van der Waals surface area contributed by atoms with Gasteiger partial charge >= 0.3 is 0 Å². The maximum Gasteiger partial charge on any atom is 0.166 e. The molecular weight excluding hydrogens is 225 g/mol. The number of hydrogen-bond donors (Lipinski definition) is 2. The van der Waals surface area contributed by atoms with Crippen molar-refractivity contribution in [3.8, 4) is 11.5 Å². The van der Waals surface area contributed by atoms with E-state index in [-0.39, 0.29) is 12.7 Å². The fourth-order valence-electron chi connectivity index (χ4n) is 1.59. The Morgan fingerprint density at radius 1 is 1.53 bits per heavy atom. The molecule has 94 valence electrons. The fourth-order valence-corrected chi connectivity index (χ4v) is 1.59. The van der Waals surface area contributed by atoms with Crippen LogP contribution in [0.1, 0.15) is 24.4 Å². The van der Waals surface area contributed by atoms with Crippen molar-refractivity contribution in [2.75, 3.05) is 13.7 Å². The third-order valence-corrected chi connectivity index (χ3v) is 2.67. The Kier molecular flexibility index (Phi) is 3.49. The van der Waals surface area contributed by atoms with Gasteiger partial charge in [0.05, 0.1) is 25.9 Å². The lowest BCUT2D eigenvalue weighted by molar-refractivity contribution is 0.250. The van der Waals surface area contributed by atoms with E-state index >= 15 is 0 Å². The molecule has 1 aromatic carbocycles. The van der Waals surface area contributed by atoms with Gasteiger partial charge in [-0.1, -0.05) is 0 Å². The second-order valence-corrected chi connectivity index (χ2v) is 4.13. The van der Waals surface area contributed by atoms with E-state index in [1.54, 1.807) is 0 Å². The van der Waals surface area contributed by atoms with Crippen molar-refractivity contribution >= 4 is 0 Å². The lowest BCUT2D eigenvalue weighted by Gasteiger charge is -2.18. The standard InChI is InChI=1S/C12H16FNO3/c1-16-11-5-7(13)4-9(10(14)6-15)12(11)17-8-2-3-8/h4-5,8,10,15H,2-3,6,14H2,1H3. The highest BCUT2D eigenvalue weighted by Crippen LogP contribution is 2.39. The number of methoxy groups -OCH3 is 1. The van der Waals surface area contributed by atoms with Crippen LogP contribution in [0.3, 0.4) is 0 Å². The van der Waals surface area contributed by atoms with Crippen molar-refractivity contribution in [3.63, 3.8) is 0 Å². The summed E-state index contributed by atoms with van der Waals surface area (Å²) in [5, 5.41) is 9.07. The molecule has 5 heteroatoms. The predicted octanol–water partition coefficient (Wildman–Crippen LogP) is 1.37. The highest BCUT2D eigenvalue weighted by molar-refractivity contribution is 5.49. The normalized spacial score (nSPS) is 16.7. The molecule has 4 nitrogen and oxygen atoms in total. The van der Waals surface area contributed by atoms with Crippen LogP contribution < -0.4 is 15.2 Å². The SMILES string of the molecule is COc1cc(F)cc(C(N)CO)c1OC1CC1. The van der Waals surface area contributed by atoms with Crippen LogP contribution in [-0.4, -0.2) is 24.9 Å². The molecule has 17 heavy (non-hydrogen) atoms. The van der Waals surface area contributed by atoms with Gasteiger partial charge in [-0.15, -0.1) is 0 Å². The first-order chi connectivity index (χ1) is 8.15. The molecule has 0 amide bonds. The second-order valence-electron chi connectivity index (χ2n) is 4.13. The quantitative estimate of drug-likeness (QED) is 0.817. The van der Waals surface area contributed by atoms with Gasteiger partial charge in [0, 0.05) is 11.6 Å². The minimum atomic E-state index is -0.673. The van der Waals surface area contributed by atoms with Gasteiger partial charge in [-0.25, -0.2) is 4.39 Å². The first-order valence-electron chi connectivity index (χ1n) is 5.56. The van der Waals surface area contributed by atoms with E-state index < -0.39 is 11.9 Å². The maximum atomic E-state index is 13.4. The molecule has 1 aliphatic carbocycles. The predicted molar refractivity (Wildman–Crippen MR) is 60.6 cm³/mol. The van der Waals surface area contributed by atoms with E-state index in [0.717, 1.165) is 12.8 Å². The molecule has 0 aromatic heterocycles. The van der Waals surface area contributed by atoms with Gasteiger partial charge in [0.1, 0.15) is 5.82 Å². The summed E-state index contributed by atoms with van der Waals surface area (Å²) in [7, 11) is 1.45. The Balaban J connectivity index is 2.40. The second kappa shape index (κ2) is 4.89. The van der Waals surface area contributed by atoms with Crippen molar-refractivity contribution in [1.29, 1.82) is 0 Å². The number of aliphatic hydroxyl groups is 1. The van der Waals surface area contributed by atoms with E-state index in [0.29, 0.717) is 17.1 Å². The number of aliphatic hydroxyl groups excluding tert-OH is 1. The molecule has 1 atom stereocenters. The molecule has 1 aromatic rings. The summed E-state index contributed by atoms with van der Waals surface area (Å²) < 4.78 is 24.1. The third-order valence-electron chi connectivity index (χ3n) is 2.67. The summed E-state index contributed by atoms with van der Waals surface area (Å²) in [6.07, 6.45) is 2.11. The number of ether oxygens (including phenoxy) is 2. The smallest absolute Gasteiger partial charge is 0.166 e. The minimum Gasteiger partial charge on any atom is -0.493 e. The van der Waals surface area contributed by atoms with Gasteiger partial charge in [-0.2, -0.15) is 0 Å². The molecule has 1 fully saturated rings. The molecule has 1 aliphatic rings. The minimum absolute atomic E-state index is 0.152. The monoisotopic (exact) mass is 241 g/mol. The molecule has 2 rings (SSSR count). The third kappa shape index (κ3) is 2.68. The Morgan fingerprint density at radius 3 is 2.76 bits per heavy atom. The Labute approximate surface area is 99.1 Å². The van der Waals surface area contributed by atoms with Gasteiger partial charge in [0.25, 0.3) is 0 Å². The van der Waals surface area contributed by atoms with Crippen LogP contribution in [-0.2, 0) is 0 Å². The van der Waals surface area contributed by atoms with E-state index in [4.69, 9.17) is 20.3 Å². The van der Waals surface area contributed by atoms with Crippen molar-refractivity contribution in [3.05, 3.63) is 23.5 Å². The number of nitrogens with two attached hydrogens (primary N) is 1. The summed E-state index contributed by atoms with van der Waals surface area (Å²) in [6.45, 7) is -0.270. The Morgan fingerprint density at radius 2 is 2.24 bits per heavy atom. The summed E-state index contributed by atoms with van der Waals surface area (Å²) in [5.74, 6) is 0.303. The zero-order chi connectivity index (χ0) is 12.4. The number of hydrogen-bond acceptors (Lipinski definition) is 4. The molecule has 0 radical (unpaired) electrons. The van der Waals surface area contributed by atoms with E-state index in [1.807, 2.05) is 0 Å². The van der Waals surface area contributed by atoms with Crippen LogP contribution in [0.5, 0.6) is 11.5 Å². The first-order valence-corrected chi connectivity index (χ1v) is 5.56. The summed E-state index contributed by atoms with van der Waals surface area (Å²) in [5.41, 5.74) is 6.17. The van der Waals surface area contributed by atoms with E-state index in [9.17, 15) is 4.39 Å². The van der Waals surface area contributed by atoms with Crippen molar-refractivity contribution in [2.24, 2.45) is 5.73 Å². The van der Waals surface area contributed by atoms with Crippen LogP contribution in [0, 0.1) is 5.82 Å². The molecule has 0 spiro atoms. The molecule has 0 aliphatic heterocycles. The molecule has 1 saturated carbocycles. The molecule has 0 saturated heterocycles. The van der Waals surface area contributed by atoms with Gasteiger partial charge in [-0.05, 0) is 18.9 Å². The molecular formula is C12H16FNO3. The van der Waals surface area contributed by atoms with Gasteiger partial charge < -0.3 is 20.3 Å². The topological polar surface area (TPSA) is 64.7 Å². The number of halogens is 1. The molecule has 3 N–H and O–H groups in total. The van der Waals surface area contributed by atoms with Gasteiger partial charge in [0.2, 0.25) is 0 Å². The van der Waals surface area contributed by atoms with E-state index in [2.05, 4.69) is 0 Å². The van der Waals surface area contributed by atoms with Gasteiger partial charge in [-0.3, -0.25) is 0 Å². The van der Waals surface area contributed by atoms with E-state index in [1.165, 1.54) is 19.2 Å². The summed E-state index contributed by atoms with van der Waals surface area (Å²) >= 11 is 0. The van der Waals surface area contributed by atoms with Crippen molar-refractivity contribution < 1.29 is 19.0 Å². The average molecular weight is 241 g/mol. The molecule has 0 bridgehead atoms. The van der Waals surface area contributed by atoms with Crippen LogP contribution in [0.2, 0.25) is 0 Å². The lowest BCUT2D eigenvalue weighted by atomic mass is 10.1. The number of rotatable bonds is 5. The van der Waals surface area contributed by atoms with Gasteiger partial charge in [0.15, 0.2) is 11.5 Å². The molecule has 0 heterocycles. The van der Waals surface area contributed by atoms with Crippen LogP contribution in [0.4, 0.5) is 4.39 Å². The number of benzene rings is 1.